The van der Waals surface area contributed by atoms with Crippen LogP contribution in [0.15, 0.2) is 24.4 Å². The predicted molar refractivity (Wildman–Crippen MR) is 73.4 cm³/mol. The van der Waals surface area contributed by atoms with Crippen LogP contribution in [-0.2, 0) is 0 Å². The van der Waals surface area contributed by atoms with E-state index in [1.54, 1.807) is 6.07 Å². The van der Waals surface area contributed by atoms with E-state index in [0.717, 1.165) is 30.4 Å². The number of primary amides is 1. The van der Waals surface area contributed by atoms with Crippen LogP contribution >= 0.6 is 0 Å². The summed E-state index contributed by atoms with van der Waals surface area (Å²) in [5, 5.41) is 1.11. The van der Waals surface area contributed by atoms with Gasteiger partial charge in [-0.25, -0.2) is 4.79 Å². The first kappa shape index (κ1) is 12.0. The van der Waals surface area contributed by atoms with Crippen LogP contribution in [0.3, 0.4) is 0 Å². The van der Waals surface area contributed by atoms with Gasteiger partial charge < -0.3 is 20.4 Å². The van der Waals surface area contributed by atoms with E-state index < -0.39 is 6.09 Å². The third-order valence-corrected chi connectivity index (χ3v) is 3.73. The number of carbonyl (C=O) groups is 1. The summed E-state index contributed by atoms with van der Waals surface area (Å²) in [7, 11) is 2.14. The number of hydrogen-bond acceptors (Lipinski definition) is 3. The molecule has 0 spiro atoms. The molecule has 3 N–H and O–H groups in total. The van der Waals surface area contributed by atoms with Crippen molar-refractivity contribution in [1.29, 1.82) is 0 Å². The highest BCUT2D eigenvalue weighted by Crippen LogP contribution is 2.33. The van der Waals surface area contributed by atoms with Gasteiger partial charge in [0.2, 0.25) is 0 Å². The lowest BCUT2D eigenvalue weighted by Gasteiger charge is -2.10. The molecule has 1 aromatic heterocycles. The smallest absolute Gasteiger partial charge is 0.409 e. The molecule has 1 amide bonds. The minimum atomic E-state index is -0.781. The largest absolute Gasteiger partial charge is 0.410 e. The highest BCUT2D eigenvalue weighted by atomic mass is 16.5. The van der Waals surface area contributed by atoms with Gasteiger partial charge in [-0.15, -0.1) is 0 Å². The normalized spacial score (nSPS) is 19.9. The van der Waals surface area contributed by atoms with Gasteiger partial charge in [0.15, 0.2) is 0 Å². The zero-order valence-electron chi connectivity index (χ0n) is 10.8. The van der Waals surface area contributed by atoms with Crippen molar-refractivity contribution in [3.8, 4) is 5.75 Å². The van der Waals surface area contributed by atoms with Gasteiger partial charge in [0.05, 0.1) is 0 Å². The Kier molecular flexibility index (Phi) is 2.91. The van der Waals surface area contributed by atoms with Crippen molar-refractivity contribution in [2.75, 3.05) is 20.1 Å². The van der Waals surface area contributed by atoms with Crippen LogP contribution in [0.4, 0.5) is 4.79 Å². The molecule has 5 heteroatoms. The summed E-state index contributed by atoms with van der Waals surface area (Å²) in [4.78, 5) is 16.4. The number of aromatic amines is 1. The van der Waals surface area contributed by atoms with Crippen molar-refractivity contribution in [3.05, 3.63) is 30.0 Å². The Hall–Kier alpha value is -2.01. The number of fused-ring (bicyclic) bond motifs is 1. The van der Waals surface area contributed by atoms with Crippen molar-refractivity contribution < 1.29 is 9.53 Å². The molecule has 2 aromatic rings. The van der Waals surface area contributed by atoms with Crippen LogP contribution in [0, 0.1) is 0 Å². The summed E-state index contributed by atoms with van der Waals surface area (Å²) in [6, 6.07) is 5.54. The van der Waals surface area contributed by atoms with E-state index in [0.29, 0.717) is 11.7 Å². The predicted octanol–water partition coefficient (Wildman–Crippen LogP) is 2.04. The monoisotopic (exact) mass is 259 g/mol. The third kappa shape index (κ3) is 2.29. The van der Waals surface area contributed by atoms with Crippen LogP contribution in [0.25, 0.3) is 10.9 Å². The Bertz CT molecular complexity index is 620. The Labute approximate surface area is 111 Å². The molecule has 19 heavy (non-hydrogen) atoms. The van der Waals surface area contributed by atoms with Gasteiger partial charge in [-0.3, -0.25) is 0 Å². The molecule has 3 rings (SSSR count). The lowest BCUT2D eigenvalue weighted by atomic mass is 9.98. The van der Waals surface area contributed by atoms with E-state index in [1.165, 1.54) is 5.56 Å². The van der Waals surface area contributed by atoms with Gasteiger partial charge in [0, 0.05) is 23.6 Å². The molecule has 1 saturated heterocycles. The number of rotatable bonds is 2. The zero-order valence-corrected chi connectivity index (χ0v) is 10.8. The molecule has 1 aliphatic heterocycles. The van der Waals surface area contributed by atoms with Crippen LogP contribution in [0.2, 0.25) is 0 Å². The second kappa shape index (κ2) is 4.59. The lowest BCUT2D eigenvalue weighted by molar-refractivity contribution is 0.211. The van der Waals surface area contributed by atoms with Crippen LogP contribution in [0.1, 0.15) is 17.9 Å². The van der Waals surface area contributed by atoms with E-state index in [-0.39, 0.29) is 0 Å². The van der Waals surface area contributed by atoms with Gasteiger partial charge in [0.1, 0.15) is 5.75 Å². The number of H-pyrrole nitrogens is 1. The summed E-state index contributed by atoms with van der Waals surface area (Å²) in [6.45, 7) is 2.18. The number of benzene rings is 1. The standard InChI is InChI=1S/C14H17N3O2/c1-17-5-4-9(8-17)12-7-16-13-3-2-10(6-11(12)13)19-14(15)18/h2-3,6-7,9,16H,4-5,8H2,1H3,(H2,15,18). The van der Waals surface area contributed by atoms with Crippen LogP contribution in [0.5, 0.6) is 5.75 Å². The quantitative estimate of drug-likeness (QED) is 0.867. The molecule has 1 atom stereocenters. The molecule has 1 aliphatic rings. The van der Waals surface area contributed by atoms with Gasteiger partial charge in [0.25, 0.3) is 0 Å². The van der Waals surface area contributed by atoms with E-state index in [9.17, 15) is 4.79 Å². The summed E-state index contributed by atoms with van der Waals surface area (Å²) < 4.78 is 4.95. The molecular formula is C14H17N3O2. The van der Waals surface area contributed by atoms with E-state index in [1.807, 2.05) is 12.1 Å². The van der Waals surface area contributed by atoms with Gasteiger partial charge >= 0.3 is 6.09 Å². The molecule has 0 saturated carbocycles. The first-order chi connectivity index (χ1) is 9.13. The summed E-state index contributed by atoms with van der Waals surface area (Å²) in [5.41, 5.74) is 7.39. The maximum atomic E-state index is 10.8. The number of hydrogen-bond donors (Lipinski definition) is 2. The van der Waals surface area contributed by atoms with Gasteiger partial charge in [-0.2, -0.15) is 0 Å². The van der Waals surface area contributed by atoms with Crippen molar-refractivity contribution >= 4 is 17.0 Å². The number of amides is 1. The van der Waals surface area contributed by atoms with Gasteiger partial charge in [-0.1, -0.05) is 0 Å². The van der Waals surface area contributed by atoms with Crippen molar-refractivity contribution in [2.45, 2.75) is 12.3 Å². The number of nitrogens with one attached hydrogen (secondary N) is 1. The third-order valence-electron chi connectivity index (χ3n) is 3.73. The number of nitrogens with two attached hydrogens (primary N) is 1. The highest BCUT2D eigenvalue weighted by Gasteiger charge is 2.23. The fourth-order valence-corrected chi connectivity index (χ4v) is 2.83. The number of carbonyl (C=O) groups excluding carboxylic acids is 1. The maximum Gasteiger partial charge on any atom is 0.409 e. The number of likely N-dealkylation sites (tertiary alicyclic amines) is 1. The number of ether oxygens (including phenoxy) is 1. The molecule has 0 aliphatic carbocycles. The highest BCUT2D eigenvalue weighted by molar-refractivity contribution is 5.86. The lowest BCUT2D eigenvalue weighted by Crippen LogP contribution is -2.16. The maximum absolute atomic E-state index is 10.8. The molecule has 1 fully saturated rings. The van der Waals surface area contributed by atoms with E-state index >= 15 is 0 Å². The summed E-state index contributed by atoms with van der Waals surface area (Å²) in [5.74, 6) is 1.02. The Balaban J connectivity index is 1.98. The molecule has 0 radical (unpaired) electrons. The molecule has 1 unspecified atom stereocenters. The average molecular weight is 259 g/mol. The molecule has 0 bridgehead atoms. The van der Waals surface area contributed by atoms with E-state index in [4.69, 9.17) is 10.5 Å². The van der Waals surface area contributed by atoms with Crippen LogP contribution < -0.4 is 10.5 Å². The van der Waals surface area contributed by atoms with Crippen molar-refractivity contribution in [2.24, 2.45) is 5.73 Å². The second-order valence-electron chi connectivity index (χ2n) is 5.12. The topological polar surface area (TPSA) is 71.3 Å². The zero-order chi connectivity index (χ0) is 13.4. The number of aromatic nitrogens is 1. The fraction of sp³-hybridized carbons (Fsp3) is 0.357. The fourth-order valence-electron chi connectivity index (χ4n) is 2.83. The summed E-state index contributed by atoms with van der Waals surface area (Å²) in [6.07, 6.45) is 2.43. The molecule has 2 heterocycles. The Morgan fingerprint density at radius 1 is 1.53 bits per heavy atom. The molecule has 1 aromatic carbocycles. The SMILES string of the molecule is CN1CCC(c2c[nH]c3ccc(OC(N)=O)cc23)C1. The minimum Gasteiger partial charge on any atom is -0.410 e. The van der Waals surface area contributed by atoms with E-state index in [2.05, 4.69) is 23.1 Å². The van der Waals surface area contributed by atoms with Crippen molar-refractivity contribution in [3.63, 3.8) is 0 Å². The number of likely N-dealkylation sites (N-methyl/N-ethyl adjacent to an activating group) is 1. The summed E-state index contributed by atoms with van der Waals surface area (Å²) >= 11 is 0. The molecule has 100 valence electrons. The first-order valence-corrected chi connectivity index (χ1v) is 6.40. The average Bonchev–Trinajstić information content (AvgIpc) is 2.94. The van der Waals surface area contributed by atoms with Crippen molar-refractivity contribution in [1.82, 2.24) is 9.88 Å². The van der Waals surface area contributed by atoms with Gasteiger partial charge in [-0.05, 0) is 49.7 Å². The number of nitrogens with zero attached hydrogens (tertiary/aromatic N) is 1. The Morgan fingerprint density at radius 2 is 2.37 bits per heavy atom. The Morgan fingerprint density at radius 3 is 3.05 bits per heavy atom. The first-order valence-electron chi connectivity index (χ1n) is 6.40. The second-order valence-corrected chi connectivity index (χ2v) is 5.12. The van der Waals surface area contributed by atoms with Crippen LogP contribution in [-0.4, -0.2) is 36.1 Å². The minimum absolute atomic E-state index is 0.493. The molecular weight excluding hydrogens is 242 g/mol. The molecule has 5 nitrogen and oxygen atoms in total.